The van der Waals surface area contributed by atoms with Crippen molar-refractivity contribution in [1.29, 1.82) is 0 Å². The van der Waals surface area contributed by atoms with E-state index < -0.39 is 0 Å². The van der Waals surface area contributed by atoms with Crippen LogP contribution in [-0.4, -0.2) is 46.3 Å². The van der Waals surface area contributed by atoms with Gasteiger partial charge in [0.25, 0.3) is 5.56 Å². The van der Waals surface area contributed by atoms with E-state index in [9.17, 15) is 9.59 Å². The van der Waals surface area contributed by atoms with Crippen molar-refractivity contribution in [2.75, 3.05) is 24.7 Å². The Morgan fingerprint density at radius 1 is 1.31 bits per heavy atom. The summed E-state index contributed by atoms with van der Waals surface area (Å²) in [7, 11) is 0. The Kier molecular flexibility index (Phi) is 5.75. The molecule has 2 aromatic heterocycles. The van der Waals surface area contributed by atoms with Crippen LogP contribution >= 0.6 is 11.3 Å². The SMILES string of the molecule is Cc1nc2sc(N3CCC[C@@H]3C(=O)NCc3ccccc3)nn2c(=O)c1C1=CCOCC1. The standard InChI is InChI=1S/C23H25N5O3S/c1-15-19(17-9-12-31-13-10-17)21(30)28-22(25-15)32-23(26-28)27-11-5-8-18(27)20(29)24-14-16-6-3-2-4-7-16/h2-4,6-7,9,18H,5,8,10-14H2,1H3,(H,24,29)/t18-/m1/s1. The van der Waals surface area contributed by atoms with Crippen LogP contribution in [0.25, 0.3) is 10.5 Å². The molecule has 1 aromatic carbocycles. The third-order valence-corrected chi connectivity index (χ3v) is 6.92. The number of hydrogen-bond acceptors (Lipinski definition) is 7. The van der Waals surface area contributed by atoms with Gasteiger partial charge in [0, 0.05) is 13.1 Å². The molecule has 0 bridgehead atoms. The predicted octanol–water partition coefficient (Wildman–Crippen LogP) is 2.55. The third-order valence-electron chi connectivity index (χ3n) is 5.98. The fourth-order valence-corrected chi connectivity index (χ4v) is 5.36. The number of benzene rings is 1. The summed E-state index contributed by atoms with van der Waals surface area (Å²) in [5.41, 5.74) is 3.19. The lowest BCUT2D eigenvalue weighted by atomic mass is 10.0. The van der Waals surface area contributed by atoms with E-state index in [4.69, 9.17) is 4.74 Å². The number of nitrogens with one attached hydrogen (secondary N) is 1. The van der Waals surface area contributed by atoms with E-state index in [-0.39, 0.29) is 17.5 Å². The molecular weight excluding hydrogens is 426 g/mol. The number of fused-ring (bicyclic) bond motifs is 1. The first-order valence-electron chi connectivity index (χ1n) is 10.9. The Bertz CT molecular complexity index is 1230. The zero-order chi connectivity index (χ0) is 22.1. The number of hydrogen-bond donors (Lipinski definition) is 1. The Labute approximate surface area is 189 Å². The van der Waals surface area contributed by atoms with Crippen LogP contribution in [0.5, 0.6) is 0 Å². The van der Waals surface area contributed by atoms with Crippen molar-refractivity contribution >= 4 is 32.9 Å². The lowest BCUT2D eigenvalue weighted by Gasteiger charge is -2.22. The fraction of sp³-hybridized carbons (Fsp3) is 0.391. The number of rotatable bonds is 5. The molecule has 9 heteroatoms. The molecule has 0 unspecified atom stereocenters. The number of carbonyl (C=O) groups excluding carboxylic acids is 1. The van der Waals surface area contributed by atoms with Crippen LogP contribution in [0.15, 0.2) is 41.2 Å². The lowest BCUT2D eigenvalue weighted by molar-refractivity contribution is -0.122. The van der Waals surface area contributed by atoms with Crippen LogP contribution < -0.4 is 15.8 Å². The van der Waals surface area contributed by atoms with Gasteiger partial charge in [-0.1, -0.05) is 47.7 Å². The van der Waals surface area contributed by atoms with Crippen LogP contribution in [0.1, 0.15) is 36.1 Å². The van der Waals surface area contributed by atoms with Crippen LogP contribution in [0.2, 0.25) is 0 Å². The minimum Gasteiger partial charge on any atom is -0.377 e. The number of aromatic nitrogens is 3. The van der Waals surface area contributed by atoms with Gasteiger partial charge < -0.3 is 15.0 Å². The second-order valence-electron chi connectivity index (χ2n) is 8.07. The van der Waals surface area contributed by atoms with Gasteiger partial charge >= 0.3 is 0 Å². The van der Waals surface area contributed by atoms with E-state index >= 15 is 0 Å². The highest BCUT2D eigenvalue weighted by Crippen LogP contribution is 2.30. The molecule has 32 heavy (non-hydrogen) atoms. The number of carbonyl (C=O) groups is 1. The van der Waals surface area contributed by atoms with E-state index in [1.54, 1.807) is 0 Å². The Balaban J connectivity index is 1.41. The molecule has 4 heterocycles. The summed E-state index contributed by atoms with van der Waals surface area (Å²) in [6, 6.07) is 9.56. The molecule has 1 fully saturated rings. The summed E-state index contributed by atoms with van der Waals surface area (Å²) < 4.78 is 6.76. The molecule has 166 valence electrons. The fourth-order valence-electron chi connectivity index (χ4n) is 4.35. The molecule has 8 nitrogen and oxygen atoms in total. The van der Waals surface area contributed by atoms with Gasteiger partial charge in [0.05, 0.1) is 24.5 Å². The van der Waals surface area contributed by atoms with Gasteiger partial charge in [0.15, 0.2) is 0 Å². The number of aryl methyl sites for hydroxylation is 1. The third kappa shape index (κ3) is 3.93. The van der Waals surface area contributed by atoms with Gasteiger partial charge in [-0.15, -0.1) is 5.10 Å². The average molecular weight is 452 g/mol. The predicted molar refractivity (Wildman–Crippen MR) is 124 cm³/mol. The Hall–Kier alpha value is -3.04. The van der Waals surface area contributed by atoms with E-state index in [0.717, 1.165) is 30.5 Å². The van der Waals surface area contributed by atoms with Crippen LogP contribution in [-0.2, 0) is 16.1 Å². The first-order chi connectivity index (χ1) is 15.6. The topological polar surface area (TPSA) is 88.8 Å². The molecule has 3 aromatic rings. The molecule has 2 aliphatic rings. The van der Waals surface area contributed by atoms with Crippen LogP contribution in [0.3, 0.4) is 0 Å². The summed E-state index contributed by atoms with van der Waals surface area (Å²) in [6.45, 7) is 4.19. The molecule has 5 rings (SSSR count). The van der Waals surface area contributed by atoms with Gasteiger partial charge in [0.1, 0.15) is 6.04 Å². The lowest BCUT2D eigenvalue weighted by Crippen LogP contribution is -2.43. The maximum absolute atomic E-state index is 13.2. The van der Waals surface area contributed by atoms with Crippen molar-refractivity contribution in [1.82, 2.24) is 19.9 Å². The Morgan fingerprint density at radius 3 is 2.94 bits per heavy atom. The average Bonchev–Trinajstić information content (AvgIpc) is 3.46. The molecule has 0 saturated carbocycles. The Morgan fingerprint density at radius 2 is 2.16 bits per heavy atom. The summed E-state index contributed by atoms with van der Waals surface area (Å²) in [5, 5.41) is 8.29. The van der Waals surface area contributed by atoms with Crippen molar-refractivity contribution in [3.63, 3.8) is 0 Å². The summed E-state index contributed by atoms with van der Waals surface area (Å²) in [4.78, 5) is 33.4. The van der Waals surface area contributed by atoms with Crippen LogP contribution in [0.4, 0.5) is 5.13 Å². The van der Waals surface area contributed by atoms with E-state index in [1.165, 1.54) is 15.9 Å². The second kappa shape index (κ2) is 8.84. The van der Waals surface area contributed by atoms with Crippen molar-refractivity contribution < 1.29 is 9.53 Å². The normalized spacial score (nSPS) is 18.7. The van der Waals surface area contributed by atoms with Crippen molar-refractivity contribution in [3.05, 3.63) is 63.6 Å². The molecule has 0 aliphatic carbocycles. The maximum Gasteiger partial charge on any atom is 0.283 e. The van der Waals surface area contributed by atoms with E-state index in [2.05, 4.69) is 15.4 Å². The van der Waals surface area contributed by atoms with E-state index in [1.807, 2.05) is 48.2 Å². The largest absolute Gasteiger partial charge is 0.377 e. The first-order valence-corrected chi connectivity index (χ1v) is 11.7. The van der Waals surface area contributed by atoms with Gasteiger partial charge in [-0.05, 0) is 37.3 Å². The monoisotopic (exact) mass is 451 g/mol. The minimum absolute atomic E-state index is 0.0184. The van der Waals surface area contributed by atoms with Crippen LogP contribution in [0, 0.1) is 6.92 Å². The summed E-state index contributed by atoms with van der Waals surface area (Å²) in [6.07, 6.45) is 4.30. The highest BCUT2D eigenvalue weighted by Gasteiger charge is 2.33. The maximum atomic E-state index is 13.2. The number of ether oxygens (including phenoxy) is 1. The summed E-state index contributed by atoms with van der Waals surface area (Å²) >= 11 is 1.36. The van der Waals surface area contributed by atoms with E-state index in [0.29, 0.717) is 47.5 Å². The first kappa shape index (κ1) is 20.8. The molecule has 0 spiro atoms. The highest BCUT2D eigenvalue weighted by atomic mass is 32.1. The van der Waals surface area contributed by atoms with Gasteiger partial charge in [-0.25, -0.2) is 4.98 Å². The number of anilines is 1. The second-order valence-corrected chi connectivity index (χ2v) is 9.00. The quantitative estimate of drug-likeness (QED) is 0.641. The minimum atomic E-state index is -0.297. The van der Waals surface area contributed by atoms with Gasteiger partial charge in [-0.3, -0.25) is 9.59 Å². The van der Waals surface area contributed by atoms with Gasteiger partial charge in [-0.2, -0.15) is 4.52 Å². The van der Waals surface area contributed by atoms with Gasteiger partial charge in [0.2, 0.25) is 16.0 Å². The zero-order valence-electron chi connectivity index (χ0n) is 17.9. The number of amides is 1. The molecular formula is C23H25N5O3S. The van der Waals surface area contributed by atoms with Crippen molar-refractivity contribution in [2.45, 2.75) is 38.8 Å². The molecule has 1 saturated heterocycles. The molecule has 2 aliphatic heterocycles. The number of nitrogens with zero attached hydrogens (tertiary/aromatic N) is 4. The van der Waals surface area contributed by atoms with Crippen molar-refractivity contribution in [2.24, 2.45) is 0 Å². The smallest absolute Gasteiger partial charge is 0.283 e. The molecule has 0 radical (unpaired) electrons. The zero-order valence-corrected chi connectivity index (χ0v) is 18.7. The summed E-state index contributed by atoms with van der Waals surface area (Å²) in [5.74, 6) is -0.0184. The highest BCUT2D eigenvalue weighted by molar-refractivity contribution is 7.20. The molecule has 1 atom stereocenters. The van der Waals surface area contributed by atoms with Crippen molar-refractivity contribution in [3.8, 4) is 0 Å². The molecule has 1 amide bonds. The molecule has 1 N–H and O–H groups in total.